The summed E-state index contributed by atoms with van der Waals surface area (Å²) in [5.74, 6) is 0.593. The Morgan fingerprint density at radius 3 is 1.81 bits per heavy atom. The molecule has 3 saturated carbocycles. The van der Waals surface area contributed by atoms with Crippen molar-refractivity contribution in [1.82, 2.24) is 4.90 Å². The Balaban J connectivity index is 1.45. The number of hydrogen-bond donors (Lipinski definition) is 0. The number of nitrogens with zero attached hydrogens (tertiary/aromatic N) is 1. The van der Waals surface area contributed by atoms with E-state index in [1.165, 1.54) is 24.0 Å². The molecule has 3 aromatic carbocycles. The molecule has 3 aromatic rings. The van der Waals surface area contributed by atoms with Crippen molar-refractivity contribution in [3.05, 3.63) is 102 Å². The molecule has 4 aliphatic rings. The molecule has 1 heterocycles. The van der Waals surface area contributed by atoms with Crippen molar-refractivity contribution >= 4 is 10.1 Å². The van der Waals surface area contributed by atoms with Gasteiger partial charge in [0.25, 0.3) is 10.1 Å². The van der Waals surface area contributed by atoms with Gasteiger partial charge in [0.15, 0.2) is 0 Å². The molecule has 0 amide bonds. The Bertz CT molecular complexity index is 1240. The van der Waals surface area contributed by atoms with Crippen LogP contribution < -0.4 is 0 Å². The van der Waals surface area contributed by atoms with Crippen molar-refractivity contribution < 1.29 is 12.6 Å². The highest BCUT2D eigenvalue weighted by molar-refractivity contribution is 7.86. The summed E-state index contributed by atoms with van der Waals surface area (Å²) in [6, 6.07) is 28.5. The second-order valence-electron chi connectivity index (χ2n) is 11.0. The Labute approximate surface area is 215 Å². The van der Waals surface area contributed by atoms with E-state index in [0.29, 0.717) is 0 Å². The fraction of sp³-hybridized carbons (Fsp3) is 0.419. The lowest BCUT2D eigenvalue weighted by Crippen LogP contribution is -2.62. The number of benzene rings is 3. The Kier molecular flexibility index (Phi) is 6.27. The zero-order chi connectivity index (χ0) is 24.8. The maximum absolute atomic E-state index is 13.6. The monoisotopic (exact) mass is 501 g/mol. The molecule has 0 spiro atoms. The molecule has 36 heavy (non-hydrogen) atoms. The van der Waals surface area contributed by atoms with E-state index in [2.05, 4.69) is 65.6 Å². The Morgan fingerprint density at radius 2 is 1.28 bits per heavy atom. The van der Waals surface area contributed by atoms with Crippen LogP contribution in [0.15, 0.2) is 89.8 Å². The largest absolute Gasteiger partial charge is 0.298 e. The molecule has 188 valence electrons. The molecule has 0 aromatic heterocycles. The fourth-order valence-electron chi connectivity index (χ4n) is 7.33. The van der Waals surface area contributed by atoms with Crippen LogP contribution in [0.5, 0.6) is 0 Å². The SMILES string of the molecule is Cc1ccc(S(=O)(=O)O[C@@H]2CC3(N4CCCC4)C[C@@H](c4ccccc4)C2[C@H](c2ccccc2)C3)cc1. The summed E-state index contributed by atoms with van der Waals surface area (Å²) < 4.78 is 33.4. The van der Waals surface area contributed by atoms with Crippen LogP contribution in [-0.2, 0) is 14.3 Å². The molecule has 0 N–H and O–H groups in total. The summed E-state index contributed by atoms with van der Waals surface area (Å²) in [6.07, 6.45) is 4.96. The van der Waals surface area contributed by atoms with Gasteiger partial charge in [-0.25, -0.2) is 0 Å². The molecule has 0 unspecified atom stereocenters. The van der Waals surface area contributed by atoms with E-state index in [4.69, 9.17) is 4.18 Å². The normalized spacial score (nSPS) is 30.5. The summed E-state index contributed by atoms with van der Waals surface area (Å²) in [4.78, 5) is 2.92. The molecule has 4 nitrogen and oxygen atoms in total. The van der Waals surface area contributed by atoms with Crippen LogP contribution in [0.3, 0.4) is 0 Å². The lowest BCUT2D eigenvalue weighted by molar-refractivity contribution is -0.0872. The van der Waals surface area contributed by atoms with Crippen molar-refractivity contribution in [1.29, 1.82) is 0 Å². The van der Waals surface area contributed by atoms with Crippen LogP contribution in [0.25, 0.3) is 0 Å². The summed E-state index contributed by atoms with van der Waals surface area (Å²) in [7, 11) is -3.88. The van der Waals surface area contributed by atoms with E-state index < -0.39 is 10.1 Å². The van der Waals surface area contributed by atoms with Gasteiger partial charge in [-0.15, -0.1) is 0 Å². The molecule has 1 aliphatic heterocycles. The van der Waals surface area contributed by atoms with Gasteiger partial charge >= 0.3 is 0 Å². The van der Waals surface area contributed by atoms with E-state index in [1.807, 2.05) is 19.1 Å². The van der Waals surface area contributed by atoms with E-state index in [-0.39, 0.29) is 34.3 Å². The second-order valence-corrected chi connectivity index (χ2v) is 12.6. The summed E-state index contributed by atoms with van der Waals surface area (Å²) in [5.41, 5.74) is 3.58. The number of aryl methyl sites for hydroxylation is 1. The number of rotatable bonds is 6. The summed E-state index contributed by atoms with van der Waals surface area (Å²) in [6.45, 7) is 4.14. The molecule has 4 fully saturated rings. The number of likely N-dealkylation sites (tertiary alicyclic amines) is 1. The lowest BCUT2D eigenvalue weighted by atomic mass is 9.51. The van der Waals surface area contributed by atoms with Crippen LogP contribution in [-0.4, -0.2) is 38.1 Å². The number of hydrogen-bond acceptors (Lipinski definition) is 4. The molecule has 5 heteroatoms. The first-order valence-corrected chi connectivity index (χ1v) is 14.7. The van der Waals surface area contributed by atoms with E-state index in [9.17, 15) is 8.42 Å². The van der Waals surface area contributed by atoms with Crippen LogP contribution >= 0.6 is 0 Å². The lowest BCUT2D eigenvalue weighted by Gasteiger charge is -2.61. The van der Waals surface area contributed by atoms with Gasteiger partial charge in [-0.2, -0.15) is 8.42 Å². The average molecular weight is 502 g/mol. The minimum Gasteiger partial charge on any atom is -0.298 e. The first kappa shape index (κ1) is 23.9. The van der Waals surface area contributed by atoms with Crippen molar-refractivity contribution in [2.24, 2.45) is 5.92 Å². The fourth-order valence-corrected chi connectivity index (χ4v) is 8.43. The maximum Gasteiger partial charge on any atom is 0.297 e. The third kappa shape index (κ3) is 4.31. The van der Waals surface area contributed by atoms with Gasteiger partial charge in [-0.05, 0) is 87.2 Å². The van der Waals surface area contributed by atoms with Gasteiger partial charge in [0, 0.05) is 11.5 Å². The van der Waals surface area contributed by atoms with Crippen molar-refractivity contribution in [2.45, 2.75) is 67.4 Å². The van der Waals surface area contributed by atoms with Gasteiger partial charge in [0.2, 0.25) is 0 Å². The van der Waals surface area contributed by atoms with Gasteiger partial charge in [0.05, 0.1) is 11.0 Å². The molecule has 3 aliphatic carbocycles. The van der Waals surface area contributed by atoms with Crippen LogP contribution in [0, 0.1) is 12.8 Å². The van der Waals surface area contributed by atoms with Gasteiger partial charge in [-0.3, -0.25) is 9.08 Å². The highest BCUT2D eigenvalue weighted by Crippen LogP contribution is 2.61. The predicted octanol–water partition coefficient (Wildman–Crippen LogP) is 6.28. The Hall–Kier alpha value is -2.47. The first-order valence-electron chi connectivity index (χ1n) is 13.3. The van der Waals surface area contributed by atoms with E-state index in [1.54, 1.807) is 12.1 Å². The second kappa shape index (κ2) is 9.44. The average Bonchev–Trinajstić information content (AvgIpc) is 3.46. The minimum absolute atomic E-state index is 0.0558. The number of fused-ring (bicyclic) bond motifs is 3. The molecule has 0 radical (unpaired) electrons. The summed E-state index contributed by atoms with van der Waals surface area (Å²) in [5, 5.41) is 0. The standard InChI is InChI=1S/C31H35NO3S/c1-23-14-16-26(17-15-23)36(33,34)35-29-22-31(32-18-8-9-19-32)20-27(24-10-4-2-5-11-24)30(29)28(21-31)25-12-6-3-7-13-25/h2-7,10-17,27-30H,8-9,18-22H2,1H3/t27-,28-,29+,30?,31?/m0/s1. The van der Waals surface area contributed by atoms with Crippen LogP contribution in [0.1, 0.15) is 60.6 Å². The maximum atomic E-state index is 13.6. The van der Waals surface area contributed by atoms with Crippen LogP contribution in [0.2, 0.25) is 0 Å². The molecule has 3 atom stereocenters. The third-order valence-corrected chi connectivity index (χ3v) is 10.3. The quantitative estimate of drug-likeness (QED) is 0.373. The molecular formula is C31H35NO3S. The van der Waals surface area contributed by atoms with Crippen molar-refractivity contribution in [3.63, 3.8) is 0 Å². The smallest absolute Gasteiger partial charge is 0.297 e. The van der Waals surface area contributed by atoms with E-state index in [0.717, 1.165) is 37.9 Å². The predicted molar refractivity (Wildman–Crippen MR) is 142 cm³/mol. The highest BCUT2D eigenvalue weighted by atomic mass is 32.2. The minimum atomic E-state index is -3.88. The summed E-state index contributed by atoms with van der Waals surface area (Å²) >= 11 is 0. The zero-order valence-corrected chi connectivity index (χ0v) is 21.7. The molecule has 7 rings (SSSR count). The first-order chi connectivity index (χ1) is 17.5. The zero-order valence-electron chi connectivity index (χ0n) is 20.9. The van der Waals surface area contributed by atoms with Crippen molar-refractivity contribution in [2.75, 3.05) is 13.1 Å². The van der Waals surface area contributed by atoms with Crippen molar-refractivity contribution in [3.8, 4) is 0 Å². The van der Waals surface area contributed by atoms with Gasteiger partial charge < -0.3 is 0 Å². The Morgan fingerprint density at radius 1 is 0.750 bits per heavy atom. The molecule has 1 saturated heterocycles. The topological polar surface area (TPSA) is 46.6 Å². The van der Waals surface area contributed by atoms with E-state index >= 15 is 0 Å². The molecule has 2 bridgehead atoms. The third-order valence-electron chi connectivity index (χ3n) is 8.93. The van der Waals surface area contributed by atoms with Gasteiger partial charge in [-0.1, -0.05) is 78.4 Å². The highest BCUT2D eigenvalue weighted by Gasteiger charge is 2.59. The van der Waals surface area contributed by atoms with Crippen LogP contribution in [0.4, 0.5) is 0 Å². The molecular weight excluding hydrogens is 466 g/mol. The van der Waals surface area contributed by atoms with Gasteiger partial charge in [0.1, 0.15) is 0 Å².